The number of rotatable bonds is 7. The number of fused-ring (bicyclic) bond motifs is 40. The summed E-state index contributed by atoms with van der Waals surface area (Å²) in [6.07, 6.45) is 6.76. The van der Waals surface area contributed by atoms with Gasteiger partial charge in [0.1, 0.15) is 0 Å². The predicted molar refractivity (Wildman–Crippen MR) is 515 cm³/mol. The first-order valence-electron chi connectivity index (χ1n) is 42.3. The fourth-order valence-electron chi connectivity index (χ4n) is 24.1. The Morgan fingerprint density at radius 3 is 1.00 bits per heavy atom. The van der Waals surface area contributed by atoms with Gasteiger partial charge in [0.2, 0.25) is 0 Å². The number of allylic oxidation sites excluding steroid dienone is 5. The van der Waals surface area contributed by atoms with E-state index < -0.39 is 0 Å². The van der Waals surface area contributed by atoms with Gasteiger partial charge in [-0.15, -0.1) is 0 Å². The van der Waals surface area contributed by atoms with E-state index >= 15 is 0 Å². The van der Waals surface area contributed by atoms with E-state index in [1.165, 1.54) is 256 Å². The lowest BCUT2D eigenvalue weighted by Crippen LogP contribution is -1.95. The first kappa shape index (κ1) is 64.5. The molecular weight excluding hydrogens is 1470 g/mol. The maximum atomic E-state index is 5.04. The Labute approximate surface area is 689 Å². The van der Waals surface area contributed by atoms with Crippen molar-refractivity contribution in [2.45, 2.75) is 34.6 Å². The lowest BCUT2D eigenvalue weighted by molar-refractivity contribution is 1.18. The summed E-state index contributed by atoms with van der Waals surface area (Å²) in [6, 6.07) is 114. The molecule has 0 aliphatic heterocycles. The van der Waals surface area contributed by atoms with Gasteiger partial charge in [-0.25, -0.2) is 0 Å². The third-order valence-corrected chi connectivity index (χ3v) is 28.6. The van der Waals surface area contributed by atoms with Gasteiger partial charge in [-0.1, -0.05) is 207 Å². The molecule has 0 N–H and O–H groups in total. The third-order valence-electron chi connectivity index (χ3n) is 28.6. The number of benzene rings is 17. The standard InChI is InChI=1S/C113H70N8/c1-60(31-30-32-61(2)114-89-51-28-21-44-75(89)98-92(114)58-82-73-42-19-26-49-87(73)118-104-63(4)95-101-99-76-45-22-29-52-90(76)115(67-33-10-7-11-34-67)93(99)59-83-74-43-20-27-50-88(74)119(109(83)101)105(95)62(3)94(104)100(98)108(82)118)66-53-54-91-77(55-66)81-57-79-71-40-17-24-47-85(71)117(69-37-14-9-15-38-69)111(79)103-97-64(5)106-96(65(6)107(97)121(91)113(81)103)102-110-78(56-80-72-41-18-25-48-86(72)120(106)112(80)102)70-39-16-23-46-84(70)116(110)68-35-12-8-13-36-68/h7-59H,2H2,1,3-6H3/b32-30-,60-31+. The lowest BCUT2D eigenvalue weighted by Gasteiger charge is -2.13. The molecule has 0 bridgehead atoms. The minimum Gasteiger partial charge on any atom is -0.310 e. The first-order valence-corrected chi connectivity index (χ1v) is 42.3. The van der Waals surface area contributed by atoms with Gasteiger partial charge in [0.15, 0.2) is 0 Å². The zero-order chi connectivity index (χ0) is 79.3. The molecule has 121 heavy (non-hydrogen) atoms. The van der Waals surface area contributed by atoms with Crippen molar-refractivity contribution in [2.24, 2.45) is 0 Å². The second kappa shape index (κ2) is 22.3. The monoisotopic (exact) mass is 1540 g/mol. The summed E-state index contributed by atoms with van der Waals surface area (Å²) in [5, 5.41) is 30.4. The highest BCUT2D eigenvalue weighted by Crippen LogP contribution is 2.58. The molecule has 0 aliphatic rings. The number of para-hydroxylation sites is 10. The Morgan fingerprint density at radius 2 is 0.545 bits per heavy atom. The third kappa shape index (κ3) is 7.56. The molecule has 12 aromatic heterocycles. The number of hydrogen-bond acceptors (Lipinski definition) is 0. The Balaban J connectivity index is 0.651. The minimum absolute atomic E-state index is 0.892. The fourth-order valence-corrected chi connectivity index (χ4v) is 24.1. The molecule has 0 amide bonds. The van der Waals surface area contributed by atoms with Crippen molar-refractivity contribution in [2.75, 3.05) is 0 Å². The van der Waals surface area contributed by atoms with E-state index in [0.717, 1.165) is 39.4 Å². The van der Waals surface area contributed by atoms with Gasteiger partial charge < -0.3 is 35.9 Å². The number of aryl methyl sites for hydroxylation is 4. The van der Waals surface area contributed by atoms with Gasteiger partial charge in [-0.05, 0) is 189 Å². The van der Waals surface area contributed by atoms with Gasteiger partial charge in [-0.3, -0.25) is 0 Å². The smallest absolute Gasteiger partial charge is 0.0642 e. The summed E-state index contributed by atoms with van der Waals surface area (Å²) in [5.74, 6) is 0. The van der Waals surface area contributed by atoms with Gasteiger partial charge in [0.25, 0.3) is 0 Å². The molecule has 0 saturated carbocycles. The van der Waals surface area contributed by atoms with Gasteiger partial charge in [0.05, 0.1) is 110 Å². The highest BCUT2D eigenvalue weighted by Gasteiger charge is 2.36. The largest absolute Gasteiger partial charge is 0.310 e. The van der Waals surface area contributed by atoms with Crippen molar-refractivity contribution in [3.63, 3.8) is 0 Å². The summed E-state index contributed by atoms with van der Waals surface area (Å²) in [6.45, 7) is 17.0. The van der Waals surface area contributed by atoms with E-state index in [1.807, 2.05) is 0 Å². The Bertz CT molecular complexity index is 9900. The van der Waals surface area contributed by atoms with E-state index in [1.54, 1.807) is 0 Å². The Hall–Kier alpha value is -15.6. The topological polar surface area (TPSA) is 37.4 Å². The van der Waals surface area contributed by atoms with Crippen LogP contribution in [0.2, 0.25) is 0 Å². The van der Waals surface area contributed by atoms with E-state index in [-0.39, 0.29) is 0 Å². The summed E-state index contributed by atoms with van der Waals surface area (Å²) < 4.78 is 20.6. The quantitative estimate of drug-likeness (QED) is 0.143. The average molecular weight is 1540 g/mol. The number of nitrogens with zero attached hydrogens (tertiary/aromatic N) is 8. The van der Waals surface area contributed by atoms with Gasteiger partial charge in [0, 0.05) is 152 Å². The van der Waals surface area contributed by atoms with Crippen LogP contribution in [-0.4, -0.2) is 35.9 Å². The molecule has 0 atom stereocenters. The summed E-state index contributed by atoms with van der Waals surface area (Å²) in [5.41, 5.74) is 36.3. The molecule has 29 rings (SSSR count). The molecule has 8 nitrogen and oxygen atoms in total. The zero-order valence-corrected chi connectivity index (χ0v) is 66.9. The van der Waals surface area contributed by atoms with E-state index in [4.69, 9.17) is 6.58 Å². The van der Waals surface area contributed by atoms with Crippen LogP contribution in [0.3, 0.4) is 0 Å². The van der Waals surface area contributed by atoms with Crippen LogP contribution >= 0.6 is 0 Å². The fraction of sp³-hybridized carbons (Fsp3) is 0.0442. The van der Waals surface area contributed by atoms with Crippen LogP contribution in [0, 0.1) is 27.7 Å². The predicted octanol–water partition coefficient (Wildman–Crippen LogP) is 30.1. The molecule has 0 saturated heterocycles. The van der Waals surface area contributed by atoms with Gasteiger partial charge >= 0.3 is 0 Å². The van der Waals surface area contributed by atoms with E-state index in [0.29, 0.717) is 0 Å². The molecule has 12 heterocycles. The molecule has 0 aliphatic carbocycles. The van der Waals surface area contributed by atoms with Crippen LogP contribution in [0.4, 0.5) is 0 Å². The molecule has 562 valence electrons. The number of aromatic nitrogens is 8. The van der Waals surface area contributed by atoms with E-state index in [9.17, 15) is 0 Å². The van der Waals surface area contributed by atoms with Crippen molar-refractivity contribution >= 4 is 251 Å². The highest BCUT2D eigenvalue weighted by atomic mass is 15.0. The van der Waals surface area contributed by atoms with E-state index in [2.05, 4.69) is 392 Å². The van der Waals surface area contributed by atoms with Crippen LogP contribution in [0.5, 0.6) is 0 Å². The molecule has 17 aromatic carbocycles. The maximum Gasteiger partial charge on any atom is 0.0642 e. The highest BCUT2D eigenvalue weighted by molar-refractivity contribution is 6.44. The summed E-state index contributed by atoms with van der Waals surface area (Å²) in [4.78, 5) is 0. The van der Waals surface area contributed by atoms with Crippen molar-refractivity contribution in [3.8, 4) is 17.1 Å². The lowest BCUT2D eigenvalue weighted by atomic mass is 9.94. The molecular formula is C113H70N8. The average Bonchev–Trinajstić information content (AvgIpc) is 1.49. The first-order chi connectivity index (χ1) is 59.7. The van der Waals surface area contributed by atoms with Crippen LogP contribution in [0.15, 0.2) is 328 Å². The van der Waals surface area contributed by atoms with Crippen LogP contribution < -0.4 is 0 Å². The molecule has 29 aromatic rings. The molecule has 0 radical (unpaired) electrons. The van der Waals surface area contributed by atoms with Crippen LogP contribution in [0.25, 0.3) is 268 Å². The molecule has 0 spiro atoms. The van der Waals surface area contributed by atoms with Crippen LogP contribution in [0.1, 0.15) is 34.7 Å². The normalized spacial score (nSPS) is 13.2. The van der Waals surface area contributed by atoms with Crippen LogP contribution in [-0.2, 0) is 0 Å². The summed E-state index contributed by atoms with van der Waals surface area (Å²) >= 11 is 0. The number of hydrogen-bond donors (Lipinski definition) is 0. The second-order valence-electron chi connectivity index (χ2n) is 34.3. The van der Waals surface area contributed by atoms with Gasteiger partial charge in [-0.2, -0.15) is 0 Å². The molecule has 8 heteroatoms. The SMILES string of the molecule is C=C(/C=C\C=C(/C)c1ccc2c(c1)c1cc3c4ccccc4n(-c4ccccc4)c3c3c4c(C)c5c(c(C)c4n2c13)c1c2c(cc3c4ccccc4n5c31)c1ccccc1n2-c1ccccc1)n1c2ccccc2c2c3c4c(C)c5c(c(C)c4n4c6ccccc6c(cc21)c34)c1c2c3ccccc3n(-c3ccccc3)c2cc2c3ccccc3n5c21. The molecule has 0 fully saturated rings. The minimum atomic E-state index is 0.892. The van der Waals surface area contributed by atoms with Crippen molar-refractivity contribution < 1.29 is 0 Å². The Morgan fingerprint density at radius 1 is 0.231 bits per heavy atom. The van der Waals surface area contributed by atoms with Crippen molar-refractivity contribution in [1.29, 1.82) is 0 Å². The summed E-state index contributed by atoms with van der Waals surface area (Å²) in [7, 11) is 0. The second-order valence-corrected chi connectivity index (χ2v) is 34.3. The zero-order valence-electron chi connectivity index (χ0n) is 66.9. The van der Waals surface area contributed by atoms with Crippen molar-refractivity contribution in [3.05, 3.63) is 356 Å². The van der Waals surface area contributed by atoms with Crippen molar-refractivity contribution in [1.82, 2.24) is 35.9 Å². The molecule has 0 unspecified atom stereocenters. The maximum absolute atomic E-state index is 5.04. The Kier molecular flexibility index (Phi) is 11.9.